The molecule has 248 valence electrons. The summed E-state index contributed by atoms with van der Waals surface area (Å²) in [7, 11) is 0. The summed E-state index contributed by atoms with van der Waals surface area (Å²) in [5, 5.41) is 3.72. The molecular formula is C49H37N3. The second-order valence-electron chi connectivity index (χ2n) is 14.6. The molecule has 2 aliphatic carbocycles. The first-order chi connectivity index (χ1) is 25.5. The molecule has 3 heteroatoms. The molecule has 1 aliphatic heterocycles. The highest BCUT2D eigenvalue weighted by atomic mass is 15.2. The zero-order chi connectivity index (χ0) is 34.9. The van der Waals surface area contributed by atoms with E-state index in [2.05, 4.69) is 189 Å². The number of amidine groups is 2. The molecule has 1 heterocycles. The topological polar surface area (TPSA) is 36.8 Å². The molecule has 7 aromatic carbocycles. The van der Waals surface area contributed by atoms with Gasteiger partial charge in [0.05, 0.1) is 5.41 Å². The first kappa shape index (κ1) is 30.5. The predicted molar refractivity (Wildman–Crippen MR) is 213 cm³/mol. The minimum atomic E-state index is -0.473. The molecule has 0 saturated carbocycles. The minimum Gasteiger partial charge on any atom is -0.324 e. The quantitative estimate of drug-likeness (QED) is 0.199. The number of hydrogen-bond acceptors (Lipinski definition) is 3. The maximum Gasteiger partial charge on any atom is 0.169 e. The standard InChI is InChI=1S/C49H37N3/c1-48(2)40-24-11-13-26-42(40)49(43-27-14-12-25-41(43)48)39-23-10-9-22-37(39)38-29-28-36(31-44(38)49)47-51-45(33-18-7-4-8-19-33)50-46(52-47)35-21-15-20-34(30-35)32-16-5-3-6-17-32/h3-31,45H,1-2H3,(H,50,51,52). The summed E-state index contributed by atoms with van der Waals surface area (Å²) < 4.78 is 0. The van der Waals surface area contributed by atoms with Crippen LogP contribution >= 0.6 is 0 Å². The van der Waals surface area contributed by atoms with Crippen LogP contribution in [0.15, 0.2) is 186 Å². The lowest BCUT2D eigenvalue weighted by atomic mass is 9.55. The van der Waals surface area contributed by atoms with Gasteiger partial charge in [-0.05, 0) is 73.3 Å². The van der Waals surface area contributed by atoms with Gasteiger partial charge in [0.15, 0.2) is 6.17 Å². The van der Waals surface area contributed by atoms with Crippen LogP contribution < -0.4 is 5.32 Å². The van der Waals surface area contributed by atoms with Crippen LogP contribution in [0.3, 0.4) is 0 Å². The fraction of sp³-hybridized carbons (Fsp3) is 0.102. The molecule has 1 unspecified atom stereocenters. The van der Waals surface area contributed by atoms with E-state index in [0.29, 0.717) is 0 Å². The van der Waals surface area contributed by atoms with E-state index in [-0.39, 0.29) is 11.6 Å². The normalized spacial score (nSPS) is 17.2. The molecule has 0 aromatic heterocycles. The molecule has 1 N–H and O–H groups in total. The Morgan fingerprint density at radius 2 is 0.904 bits per heavy atom. The molecule has 1 atom stereocenters. The Morgan fingerprint density at radius 1 is 0.404 bits per heavy atom. The second kappa shape index (κ2) is 11.6. The van der Waals surface area contributed by atoms with Crippen molar-refractivity contribution in [1.82, 2.24) is 5.32 Å². The molecule has 1 spiro atoms. The Balaban J connectivity index is 1.17. The van der Waals surface area contributed by atoms with Crippen molar-refractivity contribution in [1.29, 1.82) is 0 Å². The summed E-state index contributed by atoms with van der Waals surface area (Å²) in [6, 6.07) is 63.7. The van der Waals surface area contributed by atoms with E-state index >= 15 is 0 Å². The van der Waals surface area contributed by atoms with Gasteiger partial charge < -0.3 is 5.32 Å². The average molecular weight is 668 g/mol. The third kappa shape index (κ3) is 4.45. The number of nitrogens with zero attached hydrogens (tertiary/aromatic N) is 2. The minimum absolute atomic E-state index is 0.148. The van der Waals surface area contributed by atoms with Crippen LogP contribution in [-0.2, 0) is 10.8 Å². The monoisotopic (exact) mass is 667 g/mol. The van der Waals surface area contributed by atoms with E-state index in [1.807, 2.05) is 6.07 Å². The smallest absolute Gasteiger partial charge is 0.169 e. The Bertz CT molecular complexity index is 2530. The maximum absolute atomic E-state index is 5.32. The molecule has 7 aromatic rings. The molecule has 0 bridgehead atoms. The number of rotatable bonds is 4. The molecule has 3 aliphatic rings. The molecule has 3 nitrogen and oxygen atoms in total. The third-order valence-corrected chi connectivity index (χ3v) is 11.4. The Morgan fingerprint density at radius 3 is 1.58 bits per heavy atom. The number of fused-ring (bicyclic) bond motifs is 9. The fourth-order valence-electron chi connectivity index (χ4n) is 9.00. The number of benzene rings is 7. The Labute approximate surface area is 305 Å². The predicted octanol–water partition coefficient (Wildman–Crippen LogP) is 10.9. The number of aliphatic imine (C=N–C) groups is 2. The summed E-state index contributed by atoms with van der Waals surface area (Å²) in [5.41, 5.74) is 15.4. The van der Waals surface area contributed by atoms with Crippen molar-refractivity contribution in [3.05, 3.63) is 226 Å². The van der Waals surface area contributed by atoms with Crippen LogP contribution in [0.1, 0.15) is 70.1 Å². The SMILES string of the molecule is CC1(C)c2ccccc2C2(c3ccccc3-c3ccc(C4=NC(c5ccccc5)N=C(c5cccc(-c6ccccc6)c5)N4)cc32)c2ccccc21. The molecule has 52 heavy (non-hydrogen) atoms. The zero-order valence-corrected chi connectivity index (χ0v) is 29.2. The van der Waals surface area contributed by atoms with Gasteiger partial charge in [0.1, 0.15) is 11.7 Å². The Kier molecular flexibility index (Phi) is 6.81. The lowest BCUT2D eigenvalue weighted by Crippen LogP contribution is -2.41. The molecule has 10 rings (SSSR count). The van der Waals surface area contributed by atoms with Crippen molar-refractivity contribution in [2.24, 2.45) is 9.98 Å². The van der Waals surface area contributed by atoms with Crippen LogP contribution in [0, 0.1) is 0 Å². The van der Waals surface area contributed by atoms with Crippen molar-refractivity contribution < 1.29 is 0 Å². The van der Waals surface area contributed by atoms with Crippen LogP contribution in [0.25, 0.3) is 22.3 Å². The van der Waals surface area contributed by atoms with Crippen LogP contribution in [0.2, 0.25) is 0 Å². The average Bonchev–Trinajstić information content (AvgIpc) is 3.51. The van der Waals surface area contributed by atoms with Gasteiger partial charge in [0.25, 0.3) is 0 Å². The van der Waals surface area contributed by atoms with Gasteiger partial charge in [-0.3, -0.25) is 0 Å². The van der Waals surface area contributed by atoms with Gasteiger partial charge in [-0.1, -0.05) is 178 Å². The van der Waals surface area contributed by atoms with Gasteiger partial charge >= 0.3 is 0 Å². The molecular weight excluding hydrogens is 631 g/mol. The summed E-state index contributed by atoms with van der Waals surface area (Å²) in [6.45, 7) is 4.74. The van der Waals surface area contributed by atoms with E-state index in [1.165, 1.54) is 50.1 Å². The fourth-order valence-corrected chi connectivity index (χ4v) is 9.00. The highest BCUT2D eigenvalue weighted by molar-refractivity contribution is 6.16. The van der Waals surface area contributed by atoms with Crippen molar-refractivity contribution in [2.75, 3.05) is 0 Å². The first-order valence-electron chi connectivity index (χ1n) is 18.1. The van der Waals surface area contributed by atoms with Crippen LogP contribution in [-0.4, -0.2) is 11.7 Å². The molecule has 0 radical (unpaired) electrons. The van der Waals surface area contributed by atoms with Crippen molar-refractivity contribution >= 4 is 11.7 Å². The molecule has 0 fully saturated rings. The van der Waals surface area contributed by atoms with E-state index in [9.17, 15) is 0 Å². The summed E-state index contributed by atoms with van der Waals surface area (Å²) >= 11 is 0. The number of nitrogens with one attached hydrogen (secondary N) is 1. The third-order valence-electron chi connectivity index (χ3n) is 11.4. The first-order valence-corrected chi connectivity index (χ1v) is 18.1. The van der Waals surface area contributed by atoms with Crippen molar-refractivity contribution in [2.45, 2.75) is 30.8 Å². The van der Waals surface area contributed by atoms with E-state index in [0.717, 1.165) is 33.9 Å². The van der Waals surface area contributed by atoms with Crippen molar-refractivity contribution in [3.8, 4) is 22.3 Å². The van der Waals surface area contributed by atoms with Gasteiger partial charge in [-0.2, -0.15) is 0 Å². The molecule has 0 saturated heterocycles. The van der Waals surface area contributed by atoms with Gasteiger partial charge in [-0.25, -0.2) is 9.98 Å². The Hall–Kier alpha value is -6.32. The summed E-state index contributed by atoms with van der Waals surface area (Å²) in [4.78, 5) is 10.5. The van der Waals surface area contributed by atoms with Gasteiger partial charge in [0.2, 0.25) is 0 Å². The van der Waals surface area contributed by atoms with E-state index < -0.39 is 5.41 Å². The summed E-state index contributed by atoms with van der Waals surface area (Å²) in [5.74, 6) is 1.63. The largest absolute Gasteiger partial charge is 0.324 e. The van der Waals surface area contributed by atoms with Crippen LogP contribution in [0.5, 0.6) is 0 Å². The molecule has 0 amide bonds. The summed E-state index contributed by atoms with van der Waals surface area (Å²) in [6.07, 6.45) is -0.385. The highest BCUT2D eigenvalue weighted by Gasteiger charge is 2.53. The second-order valence-corrected chi connectivity index (χ2v) is 14.6. The number of hydrogen-bond donors (Lipinski definition) is 1. The van der Waals surface area contributed by atoms with E-state index in [1.54, 1.807) is 0 Å². The zero-order valence-electron chi connectivity index (χ0n) is 29.2. The van der Waals surface area contributed by atoms with Gasteiger partial charge in [0, 0.05) is 16.5 Å². The maximum atomic E-state index is 5.32. The highest BCUT2D eigenvalue weighted by Crippen LogP contribution is 2.62. The van der Waals surface area contributed by atoms with Crippen LogP contribution in [0.4, 0.5) is 0 Å². The van der Waals surface area contributed by atoms with E-state index in [4.69, 9.17) is 9.98 Å². The van der Waals surface area contributed by atoms with Crippen molar-refractivity contribution in [3.63, 3.8) is 0 Å². The lowest BCUT2D eigenvalue weighted by molar-refractivity contribution is 0.563. The lowest BCUT2D eigenvalue weighted by Gasteiger charge is -2.46. The van der Waals surface area contributed by atoms with Gasteiger partial charge in [-0.15, -0.1) is 0 Å².